The summed E-state index contributed by atoms with van der Waals surface area (Å²) in [6, 6.07) is 12.9. The Morgan fingerprint density at radius 1 is 1.25 bits per heavy atom. The van der Waals surface area contributed by atoms with Crippen LogP contribution in [0.2, 0.25) is 0 Å². The number of rotatable bonds is 7. The van der Waals surface area contributed by atoms with Crippen LogP contribution < -0.4 is 14.8 Å². The molecule has 1 atom stereocenters. The molecule has 126 valence electrons. The molecule has 0 fully saturated rings. The van der Waals surface area contributed by atoms with Crippen LogP contribution in [0, 0.1) is 0 Å². The van der Waals surface area contributed by atoms with Crippen molar-refractivity contribution in [1.29, 1.82) is 0 Å². The molecule has 4 nitrogen and oxygen atoms in total. The average molecular weight is 390 g/mol. The lowest BCUT2D eigenvalue weighted by molar-refractivity contribution is 0.0939. The van der Waals surface area contributed by atoms with Gasteiger partial charge in [-0.05, 0) is 42.8 Å². The molecule has 0 radical (unpaired) electrons. The van der Waals surface area contributed by atoms with Crippen LogP contribution in [-0.2, 0) is 0 Å². The van der Waals surface area contributed by atoms with E-state index in [1.165, 1.54) is 0 Å². The molecule has 0 aliphatic rings. The van der Waals surface area contributed by atoms with E-state index in [9.17, 15) is 4.79 Å². The zero-order valence-electron chi connectivity index (χ0n) is 13.7. The maximum Gasteiger partial charge on any atom is 0.251 e. The van der Waals surface area contributed by atoms with Crippen molar-refractivity contribution >= 4 is 21.8 Å². The summed E-state index contributed by atoms with van der Waals surface area (Å²) in [4.78, 5) is 12.5. The number of hydrogen-bond acceptors (Lipinski definition) is 3. The van der Waals surface area contributed by atoms with E-state index in [0.717, 1.165) is 10.0 Å². The van der Waals surface area contributed by atoms with Gasteiger partial charge < -0.3 is 14.8 Å². The molecule has 1 amide bonds. The van der Waals surface area contributed by atoms with Crippen molar-refractivity contribution in [2.24, 2.45) is 0 Å². The molecule has 0 aromatic heterocycles. The van der Waals surface area contributed by atoms with Gasteiger partial charge in [0.05, 0.1) is 13.2 Å². The number of methoxy groups -OCH3 is 1. The van der Waals surface area contributed by atoms with Crippen molar-refractivity contribution in [2.75, 3.05) is 13.7 Å². The normalized spacial score (nSPS) is 11.5. The highest BCUT2D eigenvalue weighted by atomic mass is 79.9. The fraction of sp³-hybridized carbons (Fsp3) is 0.211. The van der Waals surface area contributed by atoms with Gasteiger partial charge in [0.1, 0.15) is 6.61 Å². The van der Waals surface area contributed by atoms with Crippen LogP contribution in [0.5, 0.6) is 11.5 Å². The first kappa shape index (κ1) is 18.1. The Morgan fingerprint density at radius 3 is 2.58 bits per heavy atom. The summed E-state index contributed by atoms with van der Waals surface area (Å²) in [6.45, 7) is 5.93. The standard InChI is InChI=1S/C19H20BrNO3/c1-4-11-24-17-10-7-15(12-18(17)23-3)19(22)21-13(2)14-5-8-16(20)9-6-14/h4-10,12-13H,1,11H2,2-3H3,(H,21,22). The van der Waals surface area contributed by atoms with Crippen LogP contribution in [0.1, 0.15) is 28.9 Å². The first-order valence-corrected chi connectivity index (χ1v) is 8.32. The minimum absolute atomic E-state index is 0.103. The van der Waals surface area contributed by atoms with Crippen molar-refractivity contribution in [3.8, 4) is 11.5 Å². The Balaban J connectivity index is 2.11. The number of amides is 1. The van der Waals surface area contributed by atoms with E-state index >= 15 is 0 Å². The maximum atomic E-state index is 12.5. The molecule has 24 heavy (non-hydrogen) atoms. The second-order valence-electron chi connectivity index (χ2n) is 5.21. The van der Waals surface area contributed by atoms with E-state index in [1.807, 2.05) is 31.2 Å². The molecule has 2 rings (SSSR count). The summed E-state index contributed by atoms with van der Waals surface area (Å²) < 4.78 is 11.8. The monoisotopic (exact) mass is 389 g/mol. The Bertz CT molecular complexity index is 713. The number of ether oxygens (including phenoxy) is 2. The molecule has 1 N–H and O–H groups in total. The van der Waals surface area contributed by atoms with Crippen molar-refractivity contribution in [1.82, 2.24) is 5.32 Å². The van der Waals surface area contributed by atoms with Gasteiger partial charge in [-0.25, -0.2) is 0 Å². The number of hydrogen-bond donors (Lipinski definition) is 1. The molecule has 0 aliphatic carbocycles. The van der Waals surface area contributed by atoms with Crippen LogP contribution in [0.4, 0.5) is 0 Å². The van der Waals surface area contributed by atoms with Crippen LogP contribution in [0.3, 0.4) is 0 Å². The van der Waals surface area contributed by atoms with Gasteiger partial charge in [0.2, 0.25) is 0 Å². The van der Waals surface area contributed by atoms with E-state index in [4.69, 9.17) is 9.47 Å². The quantitative estimate of drug-likeness (QED) is 0.708. The minimum Gasteiger partial charge on any atom is -0.493 e. The van der Waals surface area contributed by atoms with E-state index in [0.29, 0.717) is 23.7 Å². The van der Waals surface area contributed by atoms with Gasteiger partial charge in [-0.1, -0.05) is 40.7 Å². The lowest BCUT2D eigenvalue weighted by atomic mass is 10.1. The molecule has 0 spiro atoms. The smallest absolute Gasteiger partial charge is 0.251 e. The summed E-state index contributed by atoms with van der Waals surface area (Å²) in [5.41, 5.74) is 1.55. The van der Waals surface area contributed by atoms with Crippen LogP contribution in [0.25, 0.3) is 0 Å². The minimum atomic E-state index is -0.168. The van der Waals surface area contributed by atoms with Gasteiger partial charge in [-0.3, -0.25) is 4.79 Å². The average Bonchev–Trinajstić information content (AvgIpc) is 2.60. The Hall–Kier alpha value is -2.27. The highest BCUT2D eigenvalue weighted by molar-refractivity contribution is 9.10. The molecule has 5 heteroatoms. The summed E-state index contributed by atoms with van der Waals surface area (Å²) in [5, 5.41) is 2.98. The zero-order chi connectivity index (χ0) is 17.5. The van der Waals surface area contributed by atoms with E-state index in [2.05, 4.69) is 27.8 Å². The number of nitrogens with one attached hydrogen (secondary N) is 1. The van der Waals surface area contributed by atoms with Gasteiger partial charge in [-0.15, -0.1) is 0 Å². The molecule has 0 aliphatic heterocycles. The van der Waals surface area contributed by atoms with Gasteiger partial charge in [0.25, 0.3) is 5.91 Å². The number of halogens is 1. The van der Waals surface area contributed by atoms with Crippen LogP contribution >= 0.6 is 15.9 Å². The van der Waals surface area contributed by atoms with Crippen molar-refractivity contribution in [3.05, 3.63) is 70.7 Å². The van der Waals surface area contributed by atoms with Crippen LogP contribution in [-0.4, -0.2) is 19.6 Å². The summed E-state index contributed by atoms with van der Waals surface area (Å²) in [7, 11) is 1.54. The SMILES string of the molecule is C=CCOc1ccc(C(=O)NC(C)c2ccc(Br)cc2)cc1OC. The topological polar surface area (TPSA) is 47.6 Å². The third kappa shape index (κ3) is 4.61. The fourth-order valence-electron chi connectivity index (χ4n) is 2.19. The zero-order valence-corrected chi connectivity index (χ0v) is 15.3. The molecule has 1 unspecified atom stereocenters. The van der Waals surface area contributed by atoms with E-state index in [-0.39, 0.29) is 11.9 Å². The van der Waals surface area contributed by atoms with Crippen molar-refractivity contribution < 1.29 is 14.3 Å². The van der Waals surface area contributed by atoms with Crippen LogP contribution in [0.15, 0.2) is 59.6 Å². The molecule has 0 heterocycles. The van der Waals surface area contributed by atoms with E-state index < -0.39 is 0 Å². The third-order valence-electron chi connectivity index (χ3n) is 3.50. The molecule has 0 bridgehead atoms. The predicted molar refractivity (Wildman–Crippen MR) is 98.7 cm³/mol. The molecule has 2 aromatic rings. The van der Waals surface area contributed by atoms with Gasteiger partial charge in [0, 0.05) is 10.0 Å². The second kappa shape index (κ2) is 8.55. The highest BCUT2D eigenvalue weighted by Gasteiger charge is 2.14. The third-order valence-corrected chi connectivity index (χ3v) is 4.03. The second-order valence-corrected chi connectivity index (χ2v) is 6.13. The molecular formula is C19H20BrNO3. The van der Waals surface area contributed by atoms with Gasteiger partial charge in [0.15, 0.2) is 11.5 Å². The van der Waals surface area contributed by atoms with Crippen molar-refractivity contribution in [3.63, 3.8) is 0 Å². The number of benzene rings is 2. The first-order valence-electron chi connectivity index (χ1n) is 7.53. The van der Waals surface area contributed by atoms with Crippen molar-refractivity contribution in [2.45, 2.75) is 13.0 Å². The summed E-state index contributed by atoms with van der Waals surface area (Å²) in [6.07, 6.45) is 1.65. The highest BCUT2D eigenvalue weighted by Crippen LogP contribution is 2.28. The molecular weight excluding hydrogens is 370 g/mol. The molecule has 2 aromatic carbocycles. The maximum absolute atomic E-state index is 12.5. The number of carbonyl (C=O) groups excluding carboxylic acids is 1. The molecule has 0 saturated heterocycles. The number of carbonyl (C=O) groups is 1. The lowest BCUT2D eigenvalue weighted by Gasteiger charge is -2.16. The van der Waals surface area contributed by atoms with E-state index in [1.54, 1.807) is 31.4 Å². The summed E-state index contributed by atoms with van der Waals surface area (Å²) >= 11 is 3.40. The predicted octanol–water partition coefficient (Wildman–Crippen LogP) is 4.51. The first-order chi connectivity index (χ1) is 11.5. The Labute approximate surface area is 150 Å². The van der Waals surface area contributed by atoms with Gasteiger partial charge in [-0.2, -0.15) is 0 Å². The Morgan fingerprint density at radius 2 is 1.96 bits per heavy atom. The Kier molecular flexibility index (Phi) is 6.44. The molecule has 0 saturated carbocycles. The lowest BCUT2D eigenvalue weighted by Crippen LogP contribution is -2.26. The van der Waals surface area contributed by atoms with Gasteiger partial charge >= 0.3 is 0 Å². The largest absolute Gasteiger partial charge is 0.493 e. The summed E-state index contributed by atoms with van der Waals surface area (Å²) in [5.74, 6) is 0.926. The fourth-order valence-corrected chi connectivity index (χ4v) is 2.46.